The number of nitrogens with zero attached hydrogens (tertiary/aromatic N) is 1. The van der Waals surface area contributed by atoms with E-state index in [-0.39, 0.29) is 23.7 Å². The zero-order valence-electron chi connectivity index (χ0n) is 37.6. The summed E-state index contributed by atoms with van der Waals surface area (Å²) in [6, 6.07) is 29.8. The zero-order chi connectivity index (χ0) is 44.7. The highest BCUT2D eigenvalue weighted by atomic mass is 16.6. The molecule has 6 aromatic rings. The van der Waals surface area contributed by atoms with Gasteiger partial charge in [0.05, 0.1) is 6.04 Å². The number of aromatic amines is 2. The second kappa shape index (κ2) is 20.0. The van der Waals surface area contributed by atoms with Crippen LogP contribution in [0.3, 0.4) is 0 Å². The summed E-state index contributed by atoms with van der Waals surface area (Å²) in [6.45, 7) is 12.9. The average Bonchev–Trinajstić information content (AvgIpc) is 4.04. The van der Waals surface area contributed by atoms with Gasteiger partial charge in [-0.05, 0) is 148 Å². The van der Waals surface area contributed by atoms with Crippen LogP contribution in [0, 0.1) is 13.8 Å². The van der Waals surface area contributed by atoms with Gasteiger partial charge >= 0.3 is 6.09 Å². The third-order valence-corrected chi connectivity index (χ3v) is 12.3. The highest BCUT2D eigenvalue weighted by Gasteiger charge is 2.34. The number of benzene rings is 4. The number of aliphatic hydroxyl groups excluding tert-OH is 1. The molecule has 0 fully saturated rings. The second-order valence-corrected chi connectivity index (χ2v) is 17.8. The molecule has 0 bridgehead atoms. The molecule has 0 saturated carbocycles. The summed E-state index contributed by atoms with van der Waals surface area (Å²) in [5.74, 6) is -0.153. The first-order valence-electron chi connectivity index (χ1n) is 22.5. The van der Waals surface area contributed by atoms with Crippen LogP contribution in [-0.4, -0.2) is 62.9 Å². The van der Waals surface area contributed by atoms with Crippen molar-refractivity contribution in [3.8, 4) is 0 Å². The minimum Gasteiger partial charge on any atom is -0.444 e. The average molecular weight is 847 g/mol. The maximum atomic E-state index is 13.4. The van der Waals surface area contributed by atoms with Crippen molar-refractivity contribution in [1.29, 1.82) is 0 Å². The zero-order valence-corrected chi connectivity index (χ0v) is 37.6. The lowest BCUT2D eigenvalue weighted by molar-refractivity contribution is -0.117. The monoisotopic (exact) mass is 846 g/mol. The summed E-state index contributed by atoms with van der Waals surface area (Å²) in [6.07, 6.45) is 12.6. The molecule has 0 saturated heterocycles. The molecule has 9 nitrogen and oxygen atoms in total. The Morgan fingerprint density at radius 3 is 1.92 bits per heavy atom. The molecule has 2 unspecified atom stereocenters. The number of nitrogens with one attached hydrogen (secondary N) is 3. The summed E-state index contributed by atoms with van der Waals surface area (Å²) >= 11 is 0. The fourth-order valence-corrected chi connectivity index (χ4v) is 9.16. The van der Waals surface area contributed by atoms with Crippen molar-refractivity contribution in [2.24, 2.45) is 0 Å². The van der Waals surface area contributed by atoms with Crippen LogP contribution < -0.4 is 5.32 Å². The first kappa shape index (κ1) is 45.0. The van der Waals surface area contributed by atoms with Gasteiger partial charge in [-0.1, -0.05) is 91.9 Å². The Hall–Kier alpha value is -6.03. The maximum Gasteiger partial charge on any atom is 0.410 e. The van der Waals surface area contributed by atoms with Gasteiger partial charge in [-0.25, -0.2) is 4.79 Å². The lowest BCUT2D eigenvalue weighted by Crippen LogP contribution is -2.40. The number of aryl methyl sites for hydroxylation is 4. The van der Waals surface area contributed by atoms with Crippen LogP contribution >= 0.6 is 0 Å². The van der Waals surface area contributed by atoms with Gasteiger partial charge in [-0.2, -0.15) is 0 Å². The molecule has 1 amide bonds. The third kappa shape index (κ3) is 11.0. The van der Waals surface area contributed by atoms with E-state index in [1.54, 1.807) is 12.2 Å². The standard InChI is InChI=1S/C30H36N2O3.C24H26N2O2/c1-6-23(33)14-11-21-12-15-25-22(19-21)13-16-28(25)32(29(34)35-30(3,4)5)18-17-24-20(2)31-27-10-8-7-9-26(24)27;1-16-20(22-4-2-3-5-24(22)26-16)12-13-25-23-11-8-18-14-17(7-10-21(18)23)6-9-19(28)15-27/h7-12,14-15,19,28,31H,6,13,16-18H2,1-5H3;2-7,9-10,14,23,25-27H,8,11-13,15H2,1H3/b14-11+;9-6+. The number of carbonyl (C=O) groups is 3. The maximum absolute atomic E-state index is 13.4. The van der Waals surface area contributed by atoms with E-state index < -0.39 is 12.2 Å². The molecule has 0 aliphatic heterocycles. The molecule has 8 rings (SSSR count). The summed E-state index contributed by atoms with van der Waals surface area (Å²) in [5, 5.41) is 15.1. The van der Waals surface area contributed by atoms with E-state index in [0.29, 0.717) is 19.0 Å². The van der Waals surface area contributed by atoms with Gasteiger partial charge in [0.2, 0.25) is 0 Å². The summed E-state index contributed by atoms with van der Waals surface area (Å²) in [5.41, 5.74) is 13.9. The molecule has 4 N–H and O–H groups in total. The van der Waals surface area contributed by atoms with E-state index in [4.69, 9.17) is 9.84 Å². The third-order valence-electron chi connectivity index (χ3n) is 12.3. The van der Waals surface area contributed by atoms with E-state index in [1.165, 1.54) is 61.4 Å². The number of hydrogen-bond acceptors (Lipinski definition) is 6. The Morgan fingerprint density at radius 1 is 0.762 bits per heavy atom. The molecule has 0 radical (unpaired) electrons. The lowest BCUT2D eigenvalue weighted by Gasteiger charge is -2.32. The highest BCUT2D eigenvalue weighted by molar-refractivity contribution is 5.94. The van der Waals surface area contributed by atoms with Crippen molar-refractivity contribution in [1.82, 2.24) is 20.2 Å². The van der Waals surface area contributed by atoms with Gasteiger partial charge in [-0.15, -0.1) is 0 Å². The van der Waals surface area contributed by atoms with Crippen LogP contribution in [0.25, 0.3) is 34.0 Å². The number of carbonyl (C=O) groups excluding carboxylic acids is 3. The number of rotatable bonds is 14. The molecule has 9 heteroatoms. The number of aromatic nitrogens is 2. The van der Waals surface area contributed by atoms with Crippen LogP contribution in [0.4, 0.5) is 4.79 Å². The van der Waals surface area contributed by atoms with Crippen LogP contribution in [0.15, 0.2) is 97.1 Å². The Bertz CT molecular complexity index is 2660. The minimum absolute atomic E-state index is 0.0272. The first-order chi connectivity index (χ1) is 30.3. The molecule has 4 aromatic carbocycles. The van der Waals surface area contributed by atoms with Gasteiger partial charge in [0.25, 0.3) is 0 Å². The molecule has 0 spiro atoms. The molecule has 328 valence electrons. The number of fused-ring (bicyclic) bond motifs is 4. The van der Waals surface area contributed by atoms with Crippen molar-refractivity contribution in [2.75, 3.05) is 19.7 Å². The predicted octanol–water partition coefficient (Wildman–Crippen LogP) is 10.8. The number of amides is 1. The topological polar surface area (TPSA) is 128 Å². The van der Waals surface area contributed by atoms with Gasteiger partial charge < -0.3 is 30.0 Å². The Morgan fingerprint density at radius 2 is 1.32 bits per heavy atom. The highest BCUT2D eigenvalue weighted by Crippen LogP contribution is 2.38. The van der Waals surface area contributed by atoms with E-state index in [0.717, 1.165) is 67.4 Å². The summed E-state index contributed by atoms with van der Waals surface area (Å²) < 4.78 is 5.85. The quantitative estimate of drug-likeness (QED) is 0.0809. The van der Waals surface area contributed by atoms with E-state index in [1.807, 2.05) is 56.9 Å². The smallest absolute Gasteiger partial charge is 0.410 e. The summed E-state index contributed by atoms with van der Waals surface area (Å²) in [7, 11) is 0. The van der Waals surface area contributed by atoms with Gasteiger partial charge in [0, 0.05) is 52.2 Å². The Labute approximate surface area is 371 Å². The van der Waals surface area contributed by atoms with Crippen molar-refractivity contribution in [3.05, 3.63) is 153 Å². The lowest BCUT2D eigenvalue weighted by atomic mass is 10.0. The molecule has 2 heterocycles. The number of H-pyrrole nitrogens is 2. The number of allylic oxidation sites excluding steroid dienone is 1. The number of aliphatic hydroxyl groups is 1. The molecule has 2 aliphatic rings. The van der Waals surface area contributed by atoms with Crippen LogP contribution in [0.1, 0.15) is 115 Å². The van der Waals surface area contributed by atoms with Crippen molar-refractivity contribution in [2.45, 2.75) is 104 Å². The van der Waals surface area contributed by atoms with Crippen molar-refractivity contribution < 1.29 is 24.2 Å². The van der Waals surface area contributed by atoms with E-state index in [2.05, 4.69) is 95.9 Å². The largest absolute Gasteiger partial charge is 0.444 e. The SMILES string of the molecule is CCC(=O)/C=C/c1ccc2c(c1)CCC2N(CCc1c(C)[nH]c2ccccc12)C(=O)OC(C)(C)C.Cc1[nH]c2ccccc2c1CCNC1CCc2cc(/C=C/C(=O)CO)ccc21. The fourth-order valence-electron chi connectivity index (χ4n) is 9.16. The fraction of sp³-hybridized carbons (Fsp3) is 0.352. The Kier molecular flexibility index (Phi) is 14.3. The normalized spacial score (nSPS) is 15.8. The molecule has 2 atom stereocenters. The minimum atomic E-state index is -0.562. The second-order valence-electron chi connectivity index (χ2n) is 17.8. The number of ketones is 2. The number of para-hydroxylation sites is 2. The van der Waals surface area contributed by atoms with Crippen LogP contribution in [0.5, 0.6) is 0 Å². The van der Waals surface area contributed by atoms with Crippen molar-refractivity contribution in [3.63, 3.8) is 0 Å². The van der Waals surface area contributed by atoms with E-state index in [9.17, 15) is 14.4 Å². The molecule has 63 heavy (non-hydrogen) atoms. The van der Waals surface area contributed by atoms with Gasteiger partial charge in [0.15, 0.2) is 11.6 Å². The number of ether oxygens (including phenoxy) is 1. The molecule has 2 aliphatic carbocycles. The summed E-state index contributed by atoms with van der Waals surface area (Å²) in [4.78, 5) is 45.2. The Balaban J connectivity index is 0.000000193. The number of hydrogen-bond donors (Lipinski definition) is 4. The van der Waals surface area contributed by atoms with Crippen LogP contribution in [-0.2, 0) is 40.0 Å². The first-order valence-corrected chi connectivity index (χ1v) is 22.5. The molecular formula is C54H62N4O5. The van der Waals surface area contributed by atoms with Crippen LogP contribution in [0.2, 0.25) is 0 Å². The van der Waals surface area contributed by atoms with Crippen molar-refractivity contribution >= 4 is 51.6 Å². The molecular weight excluding hydrogens is 785 g/mol. The van der Waals surface area contributed by atoms with Gasteiger partial charge in [0.1, 0.15) is 12.2 Å². The predicted molar refractivity (Wildman–Crippen MR) is 255 cm³/mol. The van der Waals surface area contributed by atoms with E-state index >= 15 is 0 Å². The molecule has 2 aromatic heterocycles. The van der Waals surface area contributed by atoms with Gasteiger partial charge in [-0.3, -0.25) is 9.59 Å².